The summed E-state index contributed by atoms with van der Waals surface area (Å²) in [6.07, 6.45) is -0.487. The zero-order chi connectivity index (χ0) is 19.6. The van der Waals surface area contributed by atoms with Crippen LogP contribution in [0.25, 0.3) is 10.2 Å². The van der Waals surface area contributed by atoms with Gasteiger partial charge >= 0.3 is 5.97 Å². The first-order valence-corrected chi connectivity index (χ1v) is 9.46. The average Bonchev–Trinajstić information content (AvgIpc) is 3.00. The van der Waals surface area contributed by atoms with E-state index in [1.807, 2.05) is 0 Å². The van der Waals surface area contributed by atoms with Crippen LogP contribution >= 0.6 is 27.3 Å². The molecule has 1 heterocycles. The smallest absolute Gasteiger partial charge is 0.303 e. The first-order valence-electron chi connectivity index (χ1n) is 7.85. The van der Waals surface area contributed by atoms with Crippen LogP contribution in [0.2, 0.25) is 0 Å². The summed E-state index contributed by atoms with van der Waals surface area (Å²) in [4.78, 5) is 29.0. The predicted octanol–water partition coefficient (Wildman–Crippen LogP) is 4.74. The van der Waals surface area contributed by atoms with Crippen LogP contribution in [0.4, 0.5) is 14.5 Å². The maximum absolute atomic E-state index is 13.9. The summed E-state index contributed by atoms with van der Waals surface area (Å²) in [6, 6.07) is 8.87. The topological polar surface area (TPSA) is 70.5 Å². The second-order valence-corrected chi connectivity index (χ2v) is 7.70. The Bertz CT molecular complexity index is 1030. The zero-order valence-corrected chi connectivity index (χ0v) is 16.2. The Morgan fingerprint density at radius 2 is 1.96 bits per heavy atom. The lowest BCUT2D eigenvalue weighted by Crippen LogP contribution is -2.30. The van der Waals surface area contributed by atoms with Crippen molar-refractivity contribution in [2.75, 3.05) is 4.90 Å². The number of halogens is 3. The molecule has 2 aromatic carbocycles. The second kappa shape index (κ2) is 8.10. The third kappa shape index (κ3) is 4.67. The van der Waals surface area contributed by atoms with Crippen LogP contribution in [-0.4, -0.2) is 22.0 Å². The predicted molar refractivity (Wildman–Crippen MR) is 102 cm³/mol. The molecule has 1 aromatic heterocycles. The second-order valence-electron chi connectivity index (χ2n) is 5.70. The number of rotatable bonds is 6. The molecule has 0 radical (unpaired) electrons. The van der Waals surface area contributed by atoms with E-state index in [-0.39, 0.29) is 29.6 Å². The molecular weight excluding hydrogens is 442 g/mol. The molecule has 3 rings (SSSR count). The van der Waals surface area contributed by atoms with E-state index in [1.54, 1.807) is 24.3 Å². The number of hydrogen-bond acceptors (Lipinski definition) is 4. The summed E-state index contributed by atoms with van der Waals surface area (Å²) in [5.74, 6) is -2.91. The van der Waals surface area contributed by atoms with E-state index in [0.717, 1.165) is 27.9 Å². The van der Waals surface area contributed by atoms with Gasteiger partial charge in [0.15, 0.2) is 0 Å². The van der Waals surface area contributed by atoms with Gasteiger partial charge in [0.05, 0.1) is 23.2 Å². The lowest BCUT2D eigenvalue weighted by atomic mass is 10.2. The minimum atomic E-state index is -1.07. The van der Waals surface area contributed by atoms with Crippen molar-refractivity contribution in [2.45, 2.75) is 19.4 Å². The number of carbonyl (C=O) groups is 2. The molecule has 0 saturated heterocycles. The Balaban J connectivity index is 1.94. The van der Waals surface area contributed by atoms with Gasteiger partial charge in [0, 0.05) is 28.7 Å². The summed E-state index contributed by atoms with van der Waals surface area (Å²) < 4.78 is 28.3. The summed E-state index contributed by atoms with van der Waals surface area (Å²) in [5.41, 5.74) is 0.727. The highest BCUT2D eigenvalue weighted by atomic mass is 79.9. The number of amides is 1. The lowest BCUT2D eigenvalue weighted by Gasteiger charge is -2.22. The number of anilines is 1. The molecule has 27 heavy (non-hydrogen) atoms. The molecule has 9 heteroatoms. The van der Waals surface area contributed by atoms with Crippen molar-refractivity contribution >= 4 is 55.0 Å². The van der Waals surface area contributed by atoms with Crippen molar-refractivity contribution < 1.29 is 23.5 Å². The Kier molecular flexibility index (Phi) is 5.81. The van der Waals surface area contributed by atoms with Crippen molar-refractivity contribution in [1.29, 1.82) is 0 Å². The fourth-order valence-electron chi connectivity index (χ4n) is 2.53. The molecule has 0 atom stereocenters. The van der Waals surface area contributed by atoms with E-state index in [1.165, 1.54) is 4.90 Å². The number of carbonyl (C=O) groups excluding carboxylic acids is 1. The van der Waals surface area contributed by atoms with Crippen LogP contribution in [0.1, 0.15) is 17.8 Å². The number of benzene rings is 2. The number of hydrogen-bond donors (Lipinski definition) is 1. The van der Waals surface area contributed by atoms with Gasteiger partial charge in [0.2, 0.25) is 5.91 Å². The molecule has 0 saturated carbocycles. The number of carboxylic acid groups (broad SMARTS) is 1. The van der Waals surface area contributed by atoms with E-state index in [4.69, 9.17) is 5.11 Å². The molecule has 0 aliphatic rings. The van der Waals surface area contributed by atoms with E-state index in [2.05, 4.69) is 20.9 Å². The molecule has 3 aromatic rings. The number of nitrogens with zero attached hydrogens (tertiary/aromatic N) is 2. The first-order chi connectivity index (χ1) is 12.8. The van der Waals surface area contributed by atoms with Crippen LogP contribution < -0.4 is 4.90 Å². The van der Waals surface area contributed by atoms with Gasteiger partial charge in [-0.1, -0.05) is 22.0 Å². The Morgan fingerprint density at radius 1 is 1.19 bits per heavy atom. The van der Waals surface area contributed by atoms with Gasteiger partial charge in [-0.15, -0.1) is 11.3 Å². The molecular formula is C18H13BrF2N2O3S. The quantitative estimate of drug-likeness (QED) is 0.583. The molecule has 140 valence electrons. The number of fused-ring (bicyclic) bond motifs is 1. The maximum atomic E-state index is 13.9. The van der Waals surface area contributed by atoms with Crippen molar-refractivity contribution in [2.24, 2.45) is 0 Å². The van der Waals surface area contributed by atoms with E-state index in [0.29, 0.717) is 10.7 Å². The van der Waals surface area contributed by atoms with Gasteiger partial charge in [-0.05, 0) is 18.2 Å². The van der Waals surface area contributed by atoms with Crippen LogP contribution in [-0.2, 0) is 16.1 Å². The molecule has 1 amide bonds. The third-order valence-corrected chi connectivity index (χ3v) is 5.28. The molecule has 0 aliphatic heterocycles. The first kappa shape index (κ1) is 19.4. The van der Waals surface area contributed by atoms with Gasteiger partial charge in [-0.2, -0.15) is 0 Å². The van der Waals surface area contributed by atoms with E-state index >= 15 is 0 Å². The molecule has 0 spiro atoms. The van der Waals surface area contributed by atoms with Crippen LogP contribution in [0.3, 0.4) is 0 Å². The maximum Gasteiger partial charge on any atom is 0.303 e. The monoisotopic (exact) mass is 454 g/mol. The Morgan fingerprint density at radius 3 is 2.67 bits per heavy atom. The molecule has 1 N–H and O–H groups in total. The fourth-order valence-corrected chi connectivity index (χ4v) is 3.85. The van der Waals surface area contributed by atoms with Crippen LogP contribution in [0.15, 0.2) is 40.9 Å². The third-order valence-electron chi connectivity index (χ3n) is 3.72. The standard InChI is InChI=1S/C18H13BrF2N2O3S/c19-10-2-1-3-12(6-10)23(16(24)4-5-17(25)26)9-15-22-14-8-11(20)7-13(21)18(14)27-15/h1-3,6-8H,4-5,9H2,(H,25,26). The van der Waals surface area contributed by atoms with E-state index in [9.17, 15) is 18.4 Å². The highest BCUT2D eigenvalue weighted by Crippen LogP contribution is 2.29. The van der Waals surface area contributed by atoms with Crippen molar-refractivity contribution in [1.82, 2.24) is 4.98 Å². The molecule has 0 unspecified atom stereocenters. The highest BCUT2D eigenvalue weighted by Gasteiger charge is 2.20. The minimum absolute atomic E-state index is 0.0231. The van der Waals surface area contributed by atoms with Crippen LogP contribution in [0.5, 0.6) is 0 Å². The molecule has 0 bridgehead atoms. The minimum Gasteiger partial charge on any atom is -0.481 e. The number of thiazole rings is 1. The lowest BCUT2D eigenvalue weighted by molar-refractivity contribution is -0.138. The normalized spacial score (nSPS) is 10.9. The Labute approximate surface area is 165 Å². The summed E-state index contributed by atoms with van der Waals surface area (Å²) in [7, 11) is 0. The van der Waals surface area contributed by atoms with Crippen molar-refractivity contribution in [3.8, 4) is 0 Å². The van der Waals surface area contributed by atoms with Crippen molar-refractivity contribution in [3.05, 3.63) is 57.5 Å². The summed E-state index contributed by atoms with van der Waals surface area (Å²) in [6.45, 7) is 0.0231. The number of carboxylic acids is 1. The number of aromatic nitrogens is 1. The molecule has 0 aliphatic carbocycles. The zero-order valence-electron chi connectivity index (χ0n) is 13.8. The molecule has 5 nitrogen and oxygen atoms in total. The summed E-state index contributed by atoms with van der Waals surface area (Å²) >= 11 is 4.36. The average molecular weight is 455 g/mol. The SMILES string of the molecule is O=C(O)CCC(=O)N(Cc1nc2cc(F)cc(F)c2s1)c1cccc(Br)c1. The van der Waals surface area contributed by atoms with Gasteiger partial charge in [0.1, 0.15) is 16.6 Å². The van der Waals surface area contributed by atoms with Crippen molar-refractivity contribution in [3.63, 3.8) is 0 Å². The van der Waals surface area contributed by atoms with Gasteiger partial charge in [-0.25, -0.2) is 13.8 Å². The van der Waals surface area contributed by atoms with Crippen LogP contribution in [0, 0.1) is 11.6 Å². The van der Waals surface area contributed by atoms with Gasteiger partial charge in [-0.3, -0.25) is 9.59 Å². The molecule has 0 fully saturated rings. The summed E-state index contributed by atoms with van der Waals surface area (Å²) in [5, 5.41) is 9.25. The van der Waals surface area contributed by atoms with E-state index < -0.39 is 23.5 Å². The fraction of sp³-hybridized carbons (Fsp3) is 0.167. The van der Waals surface area contributed by atoms with Gasteiger partial charge in [0.25, 0.3) is 0 Å². The number of aliphatic carboxylic acids is 1. The largest absolute Gasteiger partial charge is 0.481 e. The highest BCUT2D eigenvalue weighted by molar-refractivity contribution is 9.10. The van der Waals surface area contributed by atoms with Gasteiger partial charge < -0.3 is 10.0 Å². The Hall–Kier alpha value is -2.39.